The summed E-state index contributed by atoms with van der Waals surface area (Å²) in [6.07, 6.45) is 0. The number of ether oxygens (including phenoxy) is 3. The van der Waals surface area contributed by atoms with Gasteiger partial charge in [0.1, 0.15) is 24.7 Å². The molecule has 0 radical (unpaired) electrons. The number of carbonyl (C=O) groups is 2. The van der Waals surface area contributed by atoms with Gasteiger partial charge in [0.15, 0.2) is 11.5 Å². The molecule has 1 amide bonds. The highest BCUT2D eigenvalue weighted by Gasteiger charge is 2.10. The second-order valence-electron chi connectivity index (χ2n) is 8.16. The lowest BCUT2D eigenvalue weighted by atomic mass is 10.1. The molecule has 1 heterocycles. The Labute approximate surface area is 219 Å². The summed E-state index contributed by atoms with van der Waals surface area (Å²) in [5.74, 6) is 0.623. The van der Waals surface area contributed by atoms with Crippen molar-refractivity contribution >= 4 is 17.6 Å². The van der Waals surface area contributed by atoms with Gasteiger partial charge in [-0.15, -0.1) is 0 Å². The van der Waals surface area contributed by atoms with Crippen molar-refractivity contribution in [3.63, 3.8) is 0 Å². The summed E-state index contributed by atoms with van der Waals surface area (Å²) in [7, 11) is 1.58. The monoisotopic (exact) mass is 514 g/mol. The SMILES string of the molecule is COc1ccccc1OCc1cccc(C(=O)N/N=C(/C)c2ccc(OCc3ccc(C(=O)O)o3)cc2)c1. The fourth-order valence-electron chi connectivity index (χ4n) is 3.48. The fourth-order valence-corrected chi connectivity index (χ4v) is 3.48. The first-order chi connectivity index (χ1) is 18.4. The lowest BCUT2D eigenvalue weighted by Gasteiger charge is -2.11. The number of hydrogen-bond acceptors (Lipinski definition) is 7. The zero-order valence-electron chi connectivity index (χ0n) is 20.8. The highest BCUT2D eigenvalue weighted by molar-refractivity contribution is 6.01. The number of nitrogens with one attached hydrogen (secondary N) is 1. The summed E-state index contributed by atoms with van der Waals surface area (Å²) in [5, 5.41) is 13.1. The summed E-state index contributed by atoms with van der Waals surface area (Å²) in [6, 6.07) is 24.5. The van der Waals surface area contributed by atoms with Gasteiger partial charge in [-0.25, -0.2) is 10.2 Å². The van der Waals surface area contributed by atoms with Crippen LogP contribution in [0.3, 0.4) is 0 Å². The van der Waals surface area contributed by atoms with E-state index in [1.807, 2.05) is 30.3 Å². The second-order valence-corrected chi connectivity index (χ2v) is 8.16. The second kappa shape index (κ2) is 12.3. The number of aromatic carboxylic acids is 1. The van der Waals surface area contributed by atoms with Crippen molar-refractivity contribution in [2.45, 2.75) is 20.1 Å². The summed E-state index contributed by atoms with van der Waals surface area (Å²) in [6.45, 7) is 2.15. The number of furan rings is 1. The highest BCUT2D eigenvalue weighted by atomic mass is 16.5. The van der Waals surface area contributed by atoms with E-state index in [0.717, 1.165) is 11.1 Å². The minimum Gasteiger partial charge on any atom is -0.493 e. The maximum Gasteiger partial charge on any atom is 0.371 e. The number of hydrazone groups is 1. The molecule has 0 aliphatic carbocycles. The predicted octanol–water partition coefficient (Wildman–Crippen LogP) is 5.30. The Hall–Kier alpha value is -5.05. The Balaban J connectivity index is 1.31. The maximum absolute atomic E-state index is 12.7. The number of rotatable bonds is 11. The smallest absolute Gasteiger partial charge is 0.371 e. The molecule has 0 saturated heterocycles. The van der Waals surface area contributed by atoms with Crippen molar-refractivity contribution in [3.05, 3.63) is 113 Å². The number of carbonyl (C=O) groups excluding carboxylic acids is 1. The largest absolute Gasteiger partial charge is 0.493 e. The van der Waals surface area contributed by atoms with Crippen LogP contribution in [0.2, 0.25) is 0 Å². The zero-order chi connectivity index (χ0) is 26.9. The third-order valence-corrected chi connectivity index (χ3v) is 5.50. The van der Waals surface area contributed by atoms with E-state index in [4.69, 9.17) is 23.7 Å². The molecule has 0 fully saturated rings. The number of hydrogen-bond donors (Lipinski definition) is 2. The molecule has 4 rings (SSSR count). The number of nitrogens with zero attached hydrogens (tertiary/aromatic N) is 1. The molecule has 0 unspecified atom stereocenters. The van der Waals surface area contributed by atoms with Gasteiger partial charge in [0.2, 0.25) is 5.76 Å². The van der Waals surface area contributed by atoms with E-state index >= 15 is 0 Å². The predicted molar refractivity (Wildman–Crippen MR) is 140 cm³/mol. The van der Waals surface area contributed by atoms with Crippen LogP contribution in [0.25, 0.3) is 0 Å². The molecule has 2 N–H and O–H groups in total. The van der Waals surface area contributed by atoms with E-state index in [9.17, 15) is 9.59 Å². The molecule has 0 aliphatic heterocycles. The van der Waals surface area contributed by atoms with Gasteiger partial charge in [-0.1, -0.05) is 24.3 Å². The molecule has 0 atom stereocenters. The number of methoxy groups -OCH3 is 1. The quantitative estimate of drug-likeness (QED) is 0.206. The van der Waals surface area contributed by atoms with Gasteiger partial charge in [0, 0.05) is 5.56 Å². The van der Waals surface area contributed by atoms with Crippen LogP contribution in [0, 0.1) is 0 Å². The number of para-hydroxylation sites is 2. The van der Waals surface area contributed by atoms with Crippen LogP contribution in [-0.2, 0) is 13.2 Å². The minimum absolute atomic E-state index is 0.0960. The van der Waals surface area contributed by atoms with Crippen molar-refractivity contribution in [3.8, 4) is 17.2 Å². The molecule has 3 aromatic carbocycles. The van der Waals surface area contributed by atoms with Crippen molar-refractivity contribution in [2.24, 2.45) is 5.10 Å². The van der Waals surface area contributed by atoms with Crippen molar-refractivity contribution < 1.29 is 33.3 Å². The maximum atomic E-state index is 12.7. The van der Waals surface area contributed by atoms with Gasteiger partial charge in [-0.2, -0.15) is 5.10 Å². The van der Waals surface area contributed by atoms with Crippen LogP contribution in [0.15, 0.2) is 94.4 Å². The summed E-state index contributed by atoms with van der Waals surface area (Å²) >= 11 is 0. The van der Waals surface area contributed by atoms with E-state index in [-0.39, 0.29) is 24.9 Å². The van der Waals surface area contributed by atoms with Crippen LogP contribution in [-0.4, -0.2) is 29.8 Å². The topological polar surface area (TPSA) is 120 Å². The van der Waals surface area contributed by atoms with E-state index in [2.05, 4.69) is 10.5 Å². The van der Waals surface area contributed by atoms with Crippen molar-refractivity contribution in [1.29, 1.82) is 0 Å². The Morgan fingerprint density at radius 3 is 2.34 bits per heavy atom. The van der Waals surface area contributed by atoms with Gasteiger partial charge in [-0.3, -0.25) is 4.79 Å². The first-order valence-corrected chi connectivity index (χ1v) is 11.7. The molecule has 9 nitrogen and oxygen atoms in total. The minimum atomic E-state index is -1.13. The number of carboxylic acid groups (broad SMARTS) is 1. The van der Waals surface area contributed by atoms with Gasteiger partial charge >= 0.3 is 5.97 Å². The lowest BCUT2D eigenvalue weighted by Crippen LogP contribution is -2.19. The molecule has 0 aliphatic rings. The zero-order valence-corrected chi connectivity index (χ0v) is 20.8. The standard InChI is InChI=1S/C29H26N2O7/c1-19(21-10-12-23(13-11-21)36-18-24-14-15-27(38-24)29(33)34)30-31-28(32)22-7-5-6-20(16-22)17-37-26-9-4-3-8-25(26)35-2/h3-16H,17-18H2,1-2H3,(H,31,32)(H,33,34)/b30-19-. The van der Waals surface area contributed by atoms with E-state index in [1.165, 1.54) is 6.07 Å². The molecular formula is C29H26N2O7. The van der Waals surface area contributed by atoms with Crippen LogP contribution in [0.1, 0.15) is 44.7 Å². The number of amides is 1. The highest BCUT2D eigenvalue weighted by Crippen LogP contribution is 2.26. The average molecular weight is 515 g/mol. The van der Waals surface area contributed by atoms with Gasteiger partial charge in [0.05, 0.1) is 12.8 Å². The van der Waals surface area contributed by atoms with Gasteiger partial charge in [0.25, 0.3) is 5.91 Å². The van der Waals surface area contributed by atoms with Crippen molar-refractivity contribution in [2.75, 3.05) is 7.11 Å². The van der Waals surface area contributed by atoms with Crippen LogP contribution in [0.4, 0.5) is 0 Å². The molecule has 0 spiro atoms. The Morgan fingerprint density at radius 2 is 1.63 bits per heavy atom. The molecular weight excluding hydrogens is 488 g/mol. The van der Waals surface area contributed by atoms with Crippen molar-refractivity contribution in [1.82, 2.24) is 5.43 Å². The summed E-state index contributed by atoms with van der Waals surface area (Å²) < 4.78 is 22.0. The summed E-state index contributed by atoms with van der Waals surface area (Å²) in [5.41, 5.74) is 5.27. The molecule has 1 aromatic heterocycles. The molecule has 4 aromatic rings. The van der Waals surface area contributed by atoms with E-state index in [1.54, 1.807) is 62.6 Å². The third-order valence-electron chi connectivity index (χ3n) is 5.50. The van der Waals surface area contributed by atoms with Gasteiger partial charge in [-0.05, 0) is 78.7 Å². The molecule has 0 bridgehead atoms. The van der Waals surface area contributed by atoms with Gasteiger partial charge < -0.3 is 23.7 Å². The number of benzene rings is 3. The lowest BCUT2D eigenvalue weighted by molar-refractivity contribution is 0.0658. The average Bonchev–Trinajstić information content (AvgIpc) is 3.44. The Bertz CT molecular complexity index is 1440. The molecule has 194 valence electrons. The van der Waals surface area contributed by atoms with Crippen LogP contribution < -0.4 is 19.6 Å². The summed E-state index contributed by atoms with van der Waals surface area (Å²) in [4.78, 5) is 23.6. The fraction of sp³-hybridized carbons (Fsp3) is 0.138. The first-order valence-electron chi connectivity index (χ1n) is 11.7. The van der Waals surface area contributed by atoms with Crippen LogP contribution in [0.5, 0.6) is 17.2 Å². The normalized spacial score (nSPS) is 11.1. The van der Waals surface area contributed by atoms with Crippen LogP contribution >= 0.6 is 0 Å². The molecule has 38 heavy (non-hydrogen) atoms. The van der Waals surface area contributed by atoms with E-state index in [0.29, 0.717) is 34.3 Å². The Kier molecular flexibility index (Phi) is 8.40. The molecule has 9 heteroatoms. The first kappa shape index (κ1) is 26.0. The van der Waals surface area contributed by atoms with E-state index < -0.39 is 5.97 Å². The number of carboxylic acids is 1. The molecule has 0 saturated carbocycles. The Morgan fingerprint density at radius 1 is 0.868 bits per heavy atom. The third kappa shape index (κ3) is 6.79.